The number of hydrogen-bond donors (Lipinski definition) is 0. The van der Waals surface area contributed by atoms with Crippen LogP contribution >= 0.6 is 24.0 Å². The molecule has 0 atom stereocenters. The van der Waals surface area contributed by atoms with Crippen LogP contribution in [0.15, 0.2) is 36.4 Å². The first-order chi connectivity index (χ1) is 14.1. The highest BCUT2D eigenvalue weighted by atomic mass is 35.5. The summed E-state index contributed by atoms with van der Waals surface area (Å²) in [6, 6.07) is 11.3. The van der Waals surface area contributed by atoms with Gasteiger partial charge in [0, 0.05) is 44.7 Å². The number of anilines is 1. The van der Waals surface area contributed by atoms with Gasteiger partial charge in [0.25, 0.3) is 0 Å². The summed E-state index contributed by atoms with van der Waals surface area (Å²) in [4.78, 5) is 17.3. The van der Waals surface area contributed by atoms with E-state index in [4.69, 9.17) is 25.8 Å². The van der Waals surface area contributed by atoms with Crippen molar-refractivity contribution in [2.24, 2.45) is 0 Å². The average molecular weight is 455 g/mol. The third kappa shape index (κ3) is 5.50. The summed E-state index contributed by atoms with van der Waals surface area (Å²) < 4.78 is 16.0. The van der Waals surface area contributed by atoms with Gasteiger partial charge >= 0.3 is 0 Å². The first-order valence-electron chi connectivity index (χ1n) is 9.62. The first kappa shape index (κ1) is 24.1. The number of benzene rings is 2. The van der Waals surface area contributed by atoms with Gasteiger partial charge in [-0.3, -0.25) is 9.69 Å². The molecule has 0 radical (unpaired) electrons. The van der Waals surface area contributed by atoms with E-state index in [1.54, 1.807) is 33.5 Å². The maximum atomic E-state index is 12.7. The molecule has 2 aromatic carbocycles. The number of ketones is 1. The van der Waals surface area contributed by atoms with Gasteiger partial charge in [-0.1, -0.05) is 23.7 Å². The van der Waals surface area contributed by atoms with Gasteiger partial charge < -0.3 is 19.1 Å². The van der Waals surface area contributed by atoms with Crippen molar-refractivity contribution in [1.82, 2.24) is 4.90 Å². The summed E-state index contributed by atoms with van der Waals surface area (Å²) in [7, 11) is 4.64. The minimum atomic E-state index is 0. The molecule has 0 saturated carbocycles. The Bertz CT molecular complexity index is 830. The second-order valence-corrected chi connectivity index (χ2v) is 7.27. The lowest BCUT2D eigenvalue weighted by atomic mass is 10.1. The summed E-state index contributed by atoms with van der Waals surface area (Å²) in [6.07, 6.45) is 0.435. The molecule has 8 heteroatoms. The number of halogens is 2. The van der Waals surface area contributed by atoms with Gasteiger partial charge in [0.1, 0.15) is 0 Å². The number of methoxy groups -OCH3 is 3. The summed E-state index contributed by atoms with van der Waals surface area (Å²) in [5, 5.41) is 0.776. The smallest absolute Gasteiger partial charge is 0.203 e. The molecule has 1 heterocycles. The zero-order valence-electron chi connectivity index (χ0n) is 17.5. The Hall–Kier alpha value is -2.15. The van der Waals surface area contributed by atoms with E-state index < -0.39 is 0 Å². The number of para-hydroxylation sites is 1. The van der Waals surface area contributed by atoms with E-state index in [0.29, 0.717) is 35.8 Å². The maximum absolute atomic E-state index is 12.7. The fourth-order valence-corrected chi connectivity index (χ4v) is 3.82. The van der Waals surface area contributed by atoms with E-state index in [9.17, 15) is 4.79 Å². The average Bonchev–Trinajstić information content (AvgIpc) is 2.77. The summed E-state index contributed by atoms with van der Waals surface area (Å²) in [5.41, 5.74) is 1.64. The minimum absolute atomic E-state index is 0. The maximum Gasteiger partial charge on any atom is 0.203 e. The van der Waals surface area contributed by atoms with Gasteiger partial charge in [-0.05, 0) is 24.3 Å². The van der Waals surface area contributed by atoms with Crippen LogP contribution in [0.4, 0.5) is 5.69 Å². The zero-order valence-corrected chi connectivity index (χ0v) is 19.1. The van der Waals surface area contributed by atoms with E-state index >= 15 is 0 Å². The number of rotatable bonds is 8. The van der Waals surface area contributed by atoms with E-state index in [0.717, 1.165) is 36.9 Å². The molecule has 6 nitrogen and oxygen atoms in total. The van der Waals surface area contributed by atoms with Crippen LogP contribution in [-0.4, -0.2) is 64.7 Å². The monoisotopic (exact) mass is 454 g/mol. The fraction of sp³-hybridized carbons (Fsp3) is 0.409. The Morgan fingerprint density at radius 2 is 1.57 bits per heavy atom. The van der Waals surface area contributed by atoms with E-state index in [1.807, 2.05) is 24.3 Å². The molecule has 0 aromatic heterocycles. The van der Waals surface area contributed by atoms with Crippen LogP contribution in [0.1, 0.15) is 16.8 Å². The molecule has 3 rings (SSSR count). The van der Waals surface area contributed by atoms with Crippen molar-refractivity contribution in [2.75, 3.05) is 59.0 Å². The van der Waals surface area contributed by atoms with E-state index in [-0.39, 0.29) is 18.2 Å². The van der Waals surface area contributed by atoms with Crippen molar-refractivity contribution in [3.05, 3.63) is 47.0 Å². The normalized spacial score (nSPS) is 14.1. The van der Waals surface area contributed by atoms with Crippen molar-refractivity contribution in [2.45, 2.75) is 6.42 Å². The number of nitrogens with zero attached hydrogens (tertiary/aromatic N) is 2. The number of hydrogen-bond acceptors (Lipinski definition) is 6. The number of ether oxygens (including phenoxy) is 3. The molecule has 0 spiro atoms. The quantitative estimate of drug-likeness (QED) is 0.557. The van der Waals surface area contributed by atoms with E-state index in [2.05, 4.69) is 9.80 Å². The molecule has 30 heavy (non-hydrogen) atoms. The van der Waals surface area contributed by atoms with Crippen LogP contribution in [0, 0.1) is 0 Å². The highest BCUT2D eigenvalue weighted by Crippen LogP contribution is 2.38. The van der Waals surface area contributed by atoms with Gasteiger partial charge in [0.2, 0.25) is 5.75 Å². The second-order valence-electron chi connectivity index (χ2n) is 6.87. The molecule has 1 aliphatic heterocycles. The Kier molecular flexibility index (Phi) is 9.08. The molecule has 1 saturated heterocycles. The topological polar surface area (TPSA) is 51.2 Å². The van der Waals surface area contributed by atoms with Crippen LogP contribution in [0.25, 0.3) is 0 Å². The molecular formula is C22H28Cl2N2O4. The summed E-state index contributed by atoms with van der Waals surface area (Å²) in [5.74, 6) is 1.52. The van der Waals surface area contributed by atoms with Crippen molar-refractivity contribution in [3.63, 3.8) is 0 Å². The predicted molar refractivity (Wildman–Crippen MR) is 122 cm³/mol. The molecule has 1 fully saturated rings. The third-order valence-electron chi connectivity index (χ3n) is 5.21. The second kappa shape index (κ2) is 11.3. The van der Waals surface area contributed by atoms with Crippen molar-refractivity contribution < 1.29 is 19.0 Å². The lowest BCUT2D eigenvalue weighted by Gasteiger charge is -2.36. The molecule has 1 aliphatic rings. The SMILES string of the molecule is COc1cc(C(=O)CCN2CCN(c3ccccc3Cl)CC2)cc(OC)c1OC.Cl. The summed E-state index contributed by atoms with van der Waals surface area (Å²) >= 11 is 6.31. The summed E-state index contributed by atoms with van der Waals surface area (Å²) in [6.45, 7) is 4.29. The molecule has 0 amide bonds. The standard InChI is InChI=1S/C22H27ClN2O4.ClH/c1-27-20-14-16(15-21(28-2)22(20)29-3)19(26)8-9-24-10-12-25(13-11-24)18-7-5-4-6-17(18)23;/h4-7,14-15H,8-13H2,1-3H3;1H. The highest BCUT2D eigenvalue weighted by Gasteiger charge is 2.21. The van der Waals surface area contributed by atoms with E-state index in [1.165, 1.54) is 0 Å². The highest BCUT2D eigenvalue weighted by molar-refractivity contribution is 6.33. The van der Waals surface area contributed by atoms with Crippen LogP contribution in [0.3, 0.4) is 0 Å². The Morgan fingerprint density at radius 3 is 2.10 bits per heavy atom. The van der Waals surface area contributed by atoms with Gasteiger partial charge in [-0.25, -0.2) is 0 Å². The molecule has 0 aliphatic carbocycles. The zero-order chi connectivity index (χ0) is 20.8. The molecule has 0 N–H and O–H groups in total. The number of carbonyl (C=O) groups is 1. The number of carbonyl (C=O) groups excluding carboxylic acids is 1. The van der Waals surface area contributed by atoms with Gasteiger partial charge in [-0.15, -0.1) is 12.4 Å². The lowest BCUT2D eigenvalue weighted by Crippen LogP contribution is -2.47. The van der Waals surface area contributed by atoms with Crippen molar-refractivity contribution in [3.8, 4) is 17.2 Å². The molecule has 164 valence electrons. The lowest BCUT2D eigenvalue weighted by molar-refractivity contribution is 0.0961. The van der Waals surface area contributed by atoms with Crippen molar-refractivity contribution in [1.29, 1.82) is 0 Å². The third-order valence-corrected chi connectivity index (χ3v) is 5.53. The number of piperazine rings is 1. The van der Waals surface area contributed by atoms with Gasteiger partial charge in [0.05, 0.1) is 32.0 Å². The van der Waals surface area contributed by atoms with Gasteiger partial charge in [-0.2, -0.15) is 0 Å². The number of Topliss-reactive ketones (excluding diaryl/α,β-unsaturated/α-hetero) is 1. The van der Waals surface area contributed by atoms with Crippen LogP contribution in [0.2, 0.25) is 5.02 Å². The predicted octanol–water partition coefficient (Wildman–Crippen LogP) is 4.18. The molecular weight excluding hydrogens is 427 g/mol. The van der Waals surface area contributed by atoms with Gasteiger partial charge in [0.15, 0.2) is 17.3 Å². The Balaban J connectivity index is 0.00000320. The van der Waals surface area contributed by atoms with Crippen molar-refractivity contribution >= 4 is 35.5 Å². The Morgan fingerprint density at radius 1 is 0.967 bits per heavy atom. The fourth-order valence-electron chi connectivity index (χ4n) is 3.57. The molecule has 0 unspecified atom stereocenters. The van der Waals surface area contributed by atoms with Crippen LogP contribution in [-0.2, 0) is 0 Å². The first-order valence-corrected chi connectivity index (χ1v) is 10.00. The molecule has 2 aromatic rings. The Labute approximate surface area is 189 Å². The molecule has 0 bridgehead atoms. The minimum Gasteiger partial charge on any atom is -0.493 e. The van der Waals surface area contributed by atoms with Crippen LogP contribution in [0.5, 0.6) is 17.2 Å². The van der Waals surface area contributed by atoms with Crippen LogP contribution < -0.4 is 19.1 Å². The largest absolute Gasteiger partial charge is 0.493 e.